The fraction of sp³-hybridized carbons (Fsp3) is 0.133. The number of fused-ring (bicyclic) bond motifs is 1. The molecule has 174 valence electrons. The van der Waals surface area contributed by atoms with Gasteiger partial charge in [-0.15, -0.1) is 0 Å². The minimum Gasteiger partial charge on any atom is -0.385 e. The Morgan fingerprint density at radius 2 is 1.31 bits per heavy atom. The van der Waals surface area contributed by atoms with Gasteiger partial charge >= 0.3 is 0 Å². The van der Waals surface area contributed by atoms with E-state index in [1.165, 1.54) is 35.9 Å². The van der Waals surface area contributed by atoms with Crippen LogP contribution in [-0.2, 0) is 11.2 Å². The average molecular weight is 472 g/mol. The van der Waals surface area contributed by atoms with Crippen LogP contribution in [0.4, 0.5) is 17.6 Å². The molecule has 0 amide bonds. The van der Waals surface area contributed by atoms with Crippen LogP contribution in [0.25, 0.3) is 10.8 Å². The fourth-order valence-electron chi connectivity index (χ4n) is 3.54. The average Bonchev–Trinajstić information content (AvgIpc) is 2.86. The number of aryl methyl sites for hydroxylation is 1. The predicted molar refractivity (Wildman–Crippen MR) is 129 cm³/mol. The molecule has 0 aliphatic heterocycles. The van der Waals surface area contributed by atoms with E-state index in [0.717, 1.165) is 31.1 Å². The Morgan fingerprint density at radius 1 is 0.657 bits per heavy atom. The Labute approximate surface area is 201 Å². The van der Waals surface area contributed by atoms with Crippen LogP contribution in [-0.4, -0.2) is 13.7 Å². The molecule has 0 heterocycles. The van der Waals surface area contributed by atoms with Crippen molar-refractivity contribution < 1.29 is 22.3 Å². The van der Waals surface area contributed by atoms with Gasteiger partial charge in [0, 0.05) is 35.8 Å². The summed E-state index contributed by atoms with van der Waals surface area (Å²) in [6.07, 6.45) is 1.88. The molecule has 0 atom stereocenters. The number of rotatable bonds is 4. The van der Waals surface area contributed by atoms with Gasteiger partial charge in [-0.2, -0.15) is 0 Å². The van der Waals surface area contributed by atoms with Gasteiger partial charge in [0.25, 0.3) is 0 Å². The Hall–Kier alpha value is -4.06. The van der Waals surface area contributed by atoms with Gasteiger partial charge in [-0.05, 0) is 72.3 Å². The Bertz CT molecular complexity index is 1500. The summed E-state index contributed by atoms with van der Waals surface area (Å²) in [5, 5.41) is 0.117. The van der Waals surface area contributed by atoms with E-state index in [1.807, 2.05) is 24.3 Å². The molecule has 0 aliphatic carbocycles. The molecule has 0 saturated carbocycles. The van der Waals surface area contributed by atoms with Crippen molar-refractivity contribution in [3.63, 3.8) is 0 Å². The van der Waals surface area contributed by atoms with Gasteiger partial charge in [-0.1, -0.05) is 41.9 Å². The number of hydrogen-bond acceptors (Lipinski definition) is 1. The number of halogens is 4. The lowest BCUT2D eigenvalue weighted by Gasteiger charge is -2.02. The zero-order valence-electron chi connectivity index (χ0n) is 18.9. The molecular weight excluding hydrogens is 452 g/mol. The largest absolute Gasteiger partial charge is 0.385 e. The van der Waals surface area contributed by atoms with Crippen molar-refractivity contribution >= 4 is 10.8 Å². The van der Waals surface area contributed by atoms with Gasteiger partial charge in [0.1, 0.15) is 5.82 Å². The van der Waals surface area contributed by atoms with Gasteiger partial charge in [0.2, 0.25) is 0 Å². The lowest BCUT2D eigenvalue weighted by atomic mass is 10.1. The highest BCUT2D eigenvalue weighted by molar-refractivity contribution is 5.84. The summed E-state index contributed by atoms with van der Waals surface area (Å²) in [6, 6.07) is 17.5. The van der Waals surface area contributed by atoms with E-state index in [2.05, 4.69) is 23.7 Å². The molecule has 35 heavy (non-hydrogen) atoms. The molecule has 0 fully saturated rings. The van der Waals surface area contributed by atoms with E-state index in [9.17, 15) is 17.6 Å². The lowest BCUT2D eigenvalue weighted by Crippen LogP contribution is -1.92. The van der Waals surface area contributed by atoms with Crippen molar-refractivity contribution in [3.8, 4) is 23.7 Å². The second-order valence-electron chi connectivity index (χ2n) is 7.91. The third kappa shape index (κ3) is 5.90. The first kappa shape index (κ1) is 24.1. The Morgan fingerprint density at radius 3 is 2.06 bits per heavy atom. The molecule has 0 N–H and O–H groups in total. The molecule has 4 aromatic rings. The van der Waals surface area contributed by atoms with Crippen molar-refractivity contribution in [2.45, 2.75) is 12.8 Å². The van der Waals surface area contributed by atoms with Crippen LogP contribution in [0.3, 0.4) is 0 Å². The number of ether oxygens (including phenoxy) is 1. The summed E-state index contributed by atoms with van der Waals surface area (Å²) < 4.78 is 60.4. The van der Waals surface area contributed by atoms with E-state index >= 15 is 0 Å². The smallest absolute Gasteiger partial charge is 0.195 e. The topological polar surface area (TPSA) is 9.23 Å². The van der Waals surface area contributed by atoms with Crippen LogP contribution in [0.1, 0.15) is 34.2 Å². The summed E-state index contributed by atoms with van der Waals surface area (Å²) in [4.78, 5) is 0. The van der Waals surface area contributed by atoms with E-state index in [0.29, 0.717) is 11.1 Å². The van der Waals surface area contributed by atoms with Crippen LogP contribution in [0.2, 0.25) is 0 Å². The highest BCUT2D eigenvalue weighted by atomic mass is 19.2. The standard InChI is InChI=1S/C30H20F4O/c1-35-16-2-3-20-4-6-21(7-5-20)8-9-23-11-14-24(27(31)18-23)13-10-22-12-15-26-25(17-22)19-28(32)30(34)29(26)33/h4-7,11-12,14-15,17-19H,2-3,16H2,1H3. The van der Waals surface area contributed by atoms with Crippen LogP contribution < -0.4 is 0 Å². The quantitative estimate of drug-likeness (QED) is 0.138. The van der Waals surface area contributed by atoms with Crippen molar-refractivity contribution in [2.75, 3.05) is 13.7 Å². The molecule has 0 aliphatic rings. The SMILES string of the molecule is COCCCc1ccc(C#Cc2ccc(C#Cc3ccc4c(F)c(F)c(F)cc4c3)c(F)c2)cc1. The van der Waals surface area contributed by atoms with Crippen LogP contribution >= 0.6 is 0 Å². The zero-order valence-corrected chi connectivity index (χ0v) is 18.9. The number of hydrogen-bond donors (Lipinski definition) is 0. The molecule has 0 aromatic heterocycles. The summed E-state index contributed by atoms with van der Waals surface area (Å²) in [5.41, 5.74) is 3.12. The third-order valence-corrected chi connectivity index (χ3v) is 5.40. The van der Waals surface area contributed by atoms with Gasteiger partial charge in [0.15, 0.2) is 17.5 Å². The van der Waals surface area contributed by atoms with Crippen molar-refractivity contribution in [3.05, 3.63) is 118 Å². The predicted octanol–water partition coefficient (Wildman–Crippen LogP) is 6.77. The molecule has 4 rings (SSSR count). The second kappa shape index (κ2) is 10.9. The van der Waals surface area contributed by atoms with Gasteiger partial charge in [-0.25, -0.2) is 17.6 Å². The van der Waals surface area contributed by atoms with Gasteiger partial charge in [0.05, 0.1) is 5.56 Å². The molecular formula is C30H20F4O. The summed E-state index contributed by atoms with van der Waals surface area (Å²) in [5.74, 6) is 6.90. The van der Waals surface area contributed by atoms with E-state index in [1.54, 1.807) is 13.2 Å². The Kier molecular flexibility index (Phi) is 7.51. The molecule has 0 bridgehead atoms. The molecule has 5 heteroatoms. The fourth-order valence-corrected chi connectivity index (χ4v) is 3.54. The molecule has 4 aromatic carbocycles. The minimum atomic E-state index is -1.52. The van der Waals surface area contributed by atoms with Crippen molar-refractivity contribution in [1.82, 2.24) is 0 Å². The van der Waals surface area contributed by atoms with Crippen molar-refractivity contribution in [2.24, 2.45) is 0 Å². The zero-order chi connectivity index (χ0) is 24.8. The number of methoxy groups -OCH3 is 1. The van der Waals surface area contributed by atoms with Gasteiger partial charge < -0.3 is 4.74 Å². The van der Waals surface area contributed by atoms with Crippen LogP contribution in [0, 0.1) is 47.0 Å². The first-order valence-electron chi connectivity index (χ1n) is 10.9. The molecule has 0 unspecified atom stereocenters. The van der Waals surface area contributed by atoms with E-state index in [-0.39, 0.29) is 16.3 Å². The second-order valence-corrected chi connectivity index (χ2v) is 7.91. The lowest BCUT2D eigenvalue weighted by molar-refractivity contribution is 0.195. The maximum absolute atomic E-state index is 14.6. The highest BCUT2D eigenvalue weighted by Crippen LogP contribution is 2.24. The maximum Gasteiger partial charge on any atom is 0.195 e. The monoisotopic (exact) mass is 472 g/mol. The highest BCUT2D eigenvalue weighted by Gasteiger charge is 2.13. The van der Waals surface area contributed by atoms with E-state index in [4.69, 9.17) is 4.74 Å². The first-order valence-corrected chi connectivity index (χ1v) is 10.9. The van der Waals surface area contributed by atoms with E-state index < -0.39 is 23.3 Å². The van der Waals surface area contributed by atoms with Crippen molar-refractivity contribution in [1.29, 1.82) is 0 Å². The number of benzene rings is 4. The summed E-state index contributed by atoms with van der Waals surface area (Å²) in [7, 11) is 1.68. The van der Waals surface area contributed by atoms with Gasteiger partial charge in [-0.3, -0.25) is 0 Å². The minimum absolute atomic E-state index is 0.0516. The van der Waals surface area contributed by atoms with Crippen LogP contribution in [0.15, 0.2) is 66.7 Å². The van der Waals surface area contributed by atoms with Crippen LogP contribution in [0.5, 0.6) is 0 Å². The Balaban J connectivity index is 1.49. The molecule has 1 nitrogen and oxygen atoms in total. The normalized spacial score (nSPS) is 10.4. The summed E-state index contributed by atoms with van der Waals surface area (Å²) in [6.45, 7) is 0.719. The maximum atomic E-state index is 14.6. The summed E-state index contributed by atoms with van der Waals surface area (Å²) >= 11 is 0. The molecule has 0 saturated heterocycles. The third-order valence-electron chi connectivity index (χ3n) is 5.40. The molecule has 0 spiro atoms. The molecule has 0 radical (unpaired) electrons. The first-order chi connectivity index (χ1) is 16.9.